The Morgan fingerprint density at radius 1 is 1.62 bits per heavy atom. The summed E-state index contributed by atoms with van der Waals surface area (Å²) in [5.41, 5.74) is 7.52. The van der Waals surface area contributed by atoms with Crippen LogP contribution >= 0.6 is 0 Å². The number of pyridine rings is 1. The van der Waals surface area contributed by atoms with Gasteiger partial charge in [0.1, 0.15) is 5.65 Å². The second kappa shape index (κ2) is 4.32. The van der Waals surface area contributed by atoms with Crippen LogP contribution in [0.2, 0.25) is 0 Å². The Kier molecular flexibility index (Phi) is 2.87. The van der Waals surface area contributed by atoms with Crippen LogP contribution in [0.25, 0.3) is 5.65 Å². The summed E-state index contributed by atoms with van der Waals surface area (Å²) in [6.45, 7) is 2.57. The van der Waals surface area contributed by atoms with Gasteiger partial charge in [-0.25, -0.2) is 9.78 Å². The van der Waals surface area contributed by atoms with Gasteiger partial charge in [0, 0.05) is 18.9 Å². The molecule has 5 heteroatoms. The lowest BCUT2D eigenvalue weighted by molar-refractivity contribution is 0.0520. The quantitative estimate of drug-likeness (QED) is 0.781. The molecule has 84 valence electrons. The van der Waals surface area contributed by atoms with Gasteiger partial charge < -0.3 is 14.9 Å². The number of nitrogens with two attached hydrogens (primary N) is 1. The van der Waals surface area contributed by atoms with Gasteiger partial charge in [0.2, 0.25) is 0 Å². The summed E-state index contributed by atoms with van der Waals surface area (Å²) < 4.78 is 6.64. The summed E-state index contributed by atoms with van der Waals surface area (Å²) in [6, 6.07) is 3.74. The van der Waals surface area contributed by atoms with Crippen molar-refractivity contribution in [2.45, 2.75) is 13.5 Å². The number of nitrogens with zero attached hydrogens (tertiary/aromatic N) is 2. The van der Waals surface area contributed by atoms with Crippen molar-refractivity contribution in [3.63, 3.8) is 0 Å². The first-order chi connectivity index (χ1) is 7.74. The number of fused-ring (bicyclic) bond motifs is 1. The SMILES string of the molecule is CCOC(=O)c1cn2ccc(CN)cc2n1. The number of imidazole rings is 1. The molecule has 2 N–H and O–H groups in total. The Morgan fingerprint density at radius 3 is 3.12 bits per heavy atom. The first-order valence-electron chi connectivity index (χ1n) is 5.09. The molecule has 0 unspecified atom stereocenters. The predicted molar refractivity (Wildman–Crippen MR) is 59.0 cm³/mol. The summed E-state index contributed by atoms with van der Waals surface area (Å²) in [5, 5.41) is 0. The van der Waals surface area contributed by atoms with Gasteiger partial charge in [-0.05, 0) is 24.6 Å². The van der Waals surface area contributed by atoms with Crippen LogP contribution < -0.4 is 5.73 Å². The highest BCUT2D eigenvalue weighted by Gasteiger charge is 2.11. The zero-order chi connectivity index (χ0) is 11.5. The Bertz CT molecular complexity index is 519. The summed E-state index contributed by atoms with van der Waals surface area (Å²) in [5.74, 6) is -0.402. The molecule has 0 radical (unpaired) electrons. The molecule has 0 fully saturated rings. The number of carbonyl (C=O) groups is 1. The van der Waals surface area contributed by atoms with E-state index in [0.29, 0.717) is 24.5 Å². The number of aromatic nitrogens is 2. The highest BCUT2D eigenvalue weighted by molar-refractivity contribution is 5.87. The number of esters is 1. The van der Waals surface area contributed by atoms with Crippen LogP contribution in [0.15, 0.2) is 24.5 Å². The van der Waals surface area contributed by atoms with Crippen molar-refractivity contribution in [3.8, 4) is 0 Å². The van der Waals surface area contributed by atoms with Crippen LogP contribution in [0.1, 0.15) is 23.0 Å². The Morgan fingerprint density at radius 2 is 2.44 bits per heavy atom. The molecule has 0 amide bonds. The summed E-state index contributed by atoms with van der Waals surface area (Å²) in [6.07, 6.45) is 3.47. The molecule has 2 heterocycles. The predicted octanol–water partition coefficient (Wildman–Crippen LogP) is 0.970. The Balaban J connectivity index is 2.39. The second-order valence-corrected chi connectivity index (χ2v) is 3.35. The van der Waals surface area contributed by atoms with E-state index in [1.54, 1.807) is 17.5 Å². The van der Waals surface area contributed by atoms with Crippen molar-refractivity contribution in [1.82, 2.24) is 9.38 Å². The van der Waals surface area contributed by atoms with Crippen LogP contribution in [-0.4, -0.2) is 22.0 Å². The zero-order valence-electron chi connectivity index (χ0n) is 9.01. The highest BCUT2D eigenvalue weighted by atomic mass is 16.5. The number of hydrogen-bond acceptors (Lipinski definition) is 4. The molecule has 5 nitrogen and oxygen atoms in total. The Hall–Kier alpha value is -1.88. The fourth-order valence-electron chi connectivity index (χ4n) is 1.45. The molecule has 0 saturated carbocycles. The summed E-state index contributed by atoms with van der Waals surface area (Å²) in [4.78, 5) is 15.6. The molecule has 2 aromatic heterocycles. The lowest BCUT2D eigenvalue weighted by Gasteiger charge is -1.96. The average molecular weight is 219 g/mol. The van der Waals surface area contributed by atoms with E-state index in [4.69, 9.17) is 10.5 Å². The van der Waals surface area contributed by atoms with Crippen LogP contribution in [0, 0.1) is 0 Å². The van der Waals surface area contributed by atoms with Crippen molar-refractivity contribution < 1.29 is 9.53 Å². The van der Waals surface area contributed by atoms with Crippen LogP contribution in [0.3, 0.4) is 0 Å². The first kappa shape index (κ1) is 10.6. The minimum absolute atomic E-state index is 0.316. The molecule has 0 bridgehead atoms. The number of ether oxygens (including phenoxy) is 1. The Labute approximate surface area is 92.8 Å². The van der Waals surface area contributed by atoms with Gasteiger partial charge in [-0.1, -0.05) is 0 Å². The van der Waals surface area contributed by atoms with Crippen molar-refractivity contribution in [3.05, 3.63) is 35.8 Å². The second-order valence-electron chi connectivity index (χ2n) is 3.35. The highest BCUT2D eigenvalue weighted by Crippen LogP contribution is 2.08. The molecule has 2 rings (SSSR count). The number of rotatable bonds is 3. The summed E-state index contributed by atoms with van der Waals surface area (Å²) in [7, 11) is 0. The molecule has 16 heavy (non-hydrogen) atoms. The first-order valence-corrected chi connectivity index (χ1v) is 5.09. The van der Waals surface area contributed by atoms with E-state index in [0.717, 1.165) is 5.56 Å². The van der Waals surface area contributed by atoms with Gasteiger partial charge in [-0.15, -0.1) is 0 Å². The fourth-order valence-corrected chi connectivity index (χ4v) is 1.45. The van der Waals surface area contributed by atoms with Crippen molar-refractivity contribution in [2.24, 2.45) is 5.73 Å². The summed E-state index contributed by atoms with van der Waals surface area (Å²) >= 11 is 0. The molecule has 0 spiro atoms. The van der Waals surface area contributed by atoms with Gasteiger partial charge in [-0.3, -0.25) is 0 Å². The van der Waals surface area contributed by atoms with E-state index in [-0.39, 0.29) is 0 Å². The van der Waals surface area contributed by atoms with Crippen molar-refractivity contribution in [2.75, 3.05) is 6.61 Å². The van der Waals surface area contributed by atoms with E-state index in [1.807, 2.05) is 18.3 Å². The van der Waals surface area contributed by atoms with E-state index < -0.39 is 5.97 Å². The third-order valence-electron chi connectivity index (χ3n) is 2.24. The standard InChI is InChI=1S/C11H13N3O2/c1-2-16-11(15)9-7-14-4-3-8(6-12)5-10(14)13-9/h3-5,7H,2,6,12H2,1H3. The topological polar surface area (TPSA) is 69.6 Å². The largest absolute Gasteiger partial charge is 0.461 e. The van der Waals surface area contributed by atoms with Crippen LogP contribution in [0.4, 0.5) is 0 Å². The lowest BCUT2D eigenvalue weighted by atomic mass is 10.3. The normalized spacial score (nSPS) is 10.6. The van der Waals surface area contributed by atoms with E-state index in [9.17, 15) is 4.79 Å². The maximum absolute atomic E-state index is 11.4. The minimum Gasteiger partial charge on any atom is -0.461 e. The van der Waals surface area contributed by atoms with Gasteiger partial charge in [0.15, 0.2) is 5.69 Å². The van der Waals surface area contributed by atoms with E-state index in [2.05, 4.69) is 4.98 Å². The van der Waals surface area contributed by atoms with Crippen molar-refractivity contribution in [1.29, 1.82) is 0 Å². The van der Waals surface area contributed by atoms with E-state index in [1.165, 1.54) is 0 Å². The van der Waals surface area contributed by atoms with Gasteiger partial charge in [0.25, 0.3) is 0 Å². The molecule has 0 aliphatic carbocycles. The van der Waals surface area contributed by atoms with E-state index >= 15 is 0 Å². The molecule has 0 aliphatic heterocycles. The lowest BCUT2D eigenvalue weighted by Crippen LogP contribution is -2.04. The van der Waals surface area contributed by atoms with Crippen molar-refractivity contribution >= 4 is 11.6 Å². The average Bonchev–Trinajstić information content (AvgIpc) is 2.71. The maximum atomic E-state index is 11.4. The maximum Gasteiger partial charge on any atom is 0.358 e. The van der Waals surface area contributed by atoms with Gasteiger partial charge in [-0.2, -0.15) is 0 Å². The zero-order valence-corrected chi connectivity index (χ0v) is 9.01. The van der Waals surface area contributed by atoms with Gasteiger partial charge >= 0.3 is 5.97 Å². The number of carbonyl (C=O) groups excluding carboxylic acids is 1. The fraction of sp³-hybridized carbons (Fsp3) is 0.273. The number of hydrogen-bond donors (Lipinski definition) is 1. The van der Waals surface area contributed by atoms with Crippen LogP contribution in [0.5, 0.6) is 0 Å². The van der Waals surface area contributed by atoms with Crippen LogP contribution in [-0.2, 0) is 11.3 Å². The molecule has 2 aromatic rings. The third kappa shape index (κ3) is 1.90. The molecule has 0 saturated heterocycles. The molecular weight excluding hydrogens is 206 g/mol. The smallest absolute Gasteiger partial charge is 0.358 e. The molecule has 0 aromatic carbocycles. The molecule has 0 aliphatic rings. The molecular formula is C11H13N3O2. The monoisotopic (exact) mass is 219 g/mol. The molecule has 0 atom stereocenters. The minimum atomic E-state index is -0.402. The third-order valence-corrected chi connectivity index (χ3v) is 2.24. The van der Waals surface area contributed by atoms with Gasteiger partial charge in [0.05, 0.1) is 6.61 Å².